The van der Waals surface area contributed by atoms with Crippen molar-refractivity contribution in [3.05, 3.63) is 62.8 Å². The van der Waals surface area contributed by atoms with Crippen molar-refractivity contribution in [2.24, 2.45) is 0 Å². The summed E-state index contributed by atoms with van der Waals surface area (Å²) in [6, 6.07) is 12.5. The molecule has 34 heavy (non-hydrogen) atoms. The number of hydrogen-bond acceptors (Lipinski definition) is 5. The molecule has 0 bridgehead atoms. The maximum Gasteiger partial charge on any atom is 0.195 e. The molecule has 2 fully saturated rings. The van der Waals surface area contributed by atoms with E-state index in [2.05, 4.69) is 56.7 Å². The molecule has 1 unspecified atom stereocenters. The Morgan fingerprint density at radius 3 is 2.68 bits per heavy atom. The van der Waals surface area contributed by atoms with E-state index in [0.29, 0.717) is 11.6 Å². The molecule has 1 atom stereocenters. The van der Waals surface area contributed by atoms with E-state index in [1.165, 1.54) is 0 Å². The Balaban J connectivity index is 1.38. The lowest BCUT2D eigenvalue weighted by molar-refractivity contribution is 0.103. The molecular formula is C27H27BrN4O2. The van der Waals surface area contributed by atoms with Crippen molar-refractivity contribution in [3.63, 3.8) is 0 Å². The summed E-state index contributed by atoms with van der Waals surface area (Å²) in [6.45, 7) is 10.0. The van der Waals surface area contributed by atoms with Crippen molar-refractivity contribution in [3.8, 4) is 6.07 Å². The van der Waals surface area contributed by atoms with E-state index in [-0.39, 0.29) is 11.2 Å². The molecule has 0 saturated carbocycles. The van der Waals surface area contributed by atoms with Crippen LogP contribution in [0.15, 0.2) is 34.8 Å². The molecule has 1 N–H and O–H groups in total. The number of ether oxygens (including phenoxy) is 1. The predicted molar refractivity (Wildman–Crippen MR) is 136 cm³/mol. The van der Waals surface area contributed by atoms with Crippen molar-refractivity contribution in [2.45, 2.75) is 31.7 Å². The van der Waals surface area contributed by atoms with E-state index in [1.54, 1.807) is 6.07 Å². The number of nitrogens with zero attached hydrogens (tertiary/aromatic N) is 3. The molecule has 2 aliphatic heterocycles. The lowest BCUT2D eigenvalue weighted by Crippen LogP contribution is -2.50. The van der Waals surface area contributed by atoms with Gasteiger partial charge >= 0.3 is 0 Å². The Morgan fingerprint density at radius 2 is 1.97 bits per heavy atom. The number of nitrogens with one attached hydrogen (secondary N) is 1. The molecule has 0 spiro atoms. The fourth-order valence-electron chi connectivity index (χ4n) is 5.89. The first kappa shape index (κ1) is 21.8. The van der Waals surface area contributed by atoms with Crippen molar-refractivity contribution in [1.82, 2.24) is 9.88 Å². The fourth-order valence-corrected chi connectivity index (χ4v) is 6.48. The first-order valence-corrected chi connectivity index (χ1v) is 12.7. The second-order valence-corrected chi connectivity index (χ2v) is 10.9. The third-order valence-electron chi connectivity index (χ3n) is 7.86. The number of H-pyrrole nitrogens is 1. The summed E-state index contributed by atoms with van der Waals surface area (Å²) < 4.78 is 6.55. The van der Waals surface area contributed by atoms with Gasteiger partial charge in [0.15, 0.2) is 5.78 Å². The lowest BCUT2D eigenvalue weighted by Gasteiger charge is -2.40. The van der Waals surface area contributed by atoms with Gasteiger partial charge in [0, 0.05) is 70.9 Å². The molecular weight excluding hydrogens is 492 g/mol. The van der Waals surface area contributed by atoms with Gasteiger partial charge in [-0.25, -0.2) is 0 Å². The minimum absolute atomic E-state index is 0.0404. The van der Waals surface area contributed by atoms with Gasteiger partial charge in [-0.2, -0.15) is 5.26 Å². The van der Waals surface area contributed by atoms with Crippen LogP contribution >= 0.6 is 15.9 Å². The summed E-state index contributed by atoms with van der Waals surface area (Å²) in [5.74, 6) is 0.0404. The molecule has 2 saturated heterocycles. The lowest BCUT2D eigenvalue weighted by atomic mass is 9.71. The van der Waals surface area contributed by atoms with Gasteiger partial charge in [-0.15, -0.1) is 0 Å². The Labute approximate surface area is 207 Å². The number of anilines is 1. The van der Waals surface area contributed by atoms with Gasteiger partial charge in [0.1, 0.15) is 0 Å². The molecule has 0 amide bonds. The number of piperazine rings is 1. The van der Waals surface area contributed by atoms with Gasteiger partial charge in [-0.1, -0.05) is 19.9 Å². The average Bonchev–Trinajstić information content (AvgIpc) is 3.51. The molecule has 3 heterocycles. The molecule has 1 aliphatic carbocycles. The zero-order valence-corrected chi connectivity index (χ0v) is 21.0. The maximum absolute atomic E-state index is 13.7. The smallest absolute Gasteiger partial charge is 0.195 e. The van der Waals surface area contributed by atoms with E-state index in [9.17, 15) is 10.1 Å². The second-order valence-electron chi connectivity index (χ2n) is 10.1. The summed E-state index contributed by atoms with van der Waals surface area (Å²) in [6.07, 6.45) is 1.13. The molecule has 2 aromatic carbocycles. The highest BCUT2D eigenvalue weighted by Gasteiger charge is 2.40. The Hall–Kier alpha value is -2.66. The number of nitriles is 1. The van der Waals surface area contributed by atoms with Crippen LogP contribution in [0, 0.1) is 11.3 Å². The van der Waals surface area contributed by atoms with Gasteiger partial charge in [-0.05, 0) is 52.2 Å². The summed E-state index contributed by atoms with van der Waals surface area (Å²) >= 11 is 3.79. The van der Waals surface area contributed by atoms with Crippen LogP contribution in [0.25, 0.3) is 10.9 Å². The number of hydrogen-bond donors (Lipinski definition) is 1. The Kier molecular flexibility index (Phi) is 5.10. The second kappa shape index (κ2) is 7.94. The summed E-state index contributed by atoms with van der Waals surface area (Å²) in [4.78, 5) is 22.2. The van der Waals surface area contributed by atoms with Crippen molar-refractivity contribution in [2.75, 3.05) is 44.3 Å². The van der Waals surface area contributed by atoms with Crippen molar-refractivity contribution >= 4 is 38.3 Å². The largest absolute Gasteiger partial charge is 0.380 e. The van der Waals surface area contributed by atoms with E-state index < -0.39 is 0 Å². The Bertz CT molecular complexity index is 1360. The van der Waals surface area contributed by atoms with E-state index in [0.717, 1.165) is 89.3 Å². The molecule has 3 aromatic rings. The predicted octanol–water partition coefficient (Wildman–Crippen LogP) is 4.58. The molecule has 174 valence electrons. The highest BCUT2D eigenvalue weighted by atomic mass is 79.9. The SMILES string of the molecule is CC1(C)c2cc(N3CCN(C4CCOC4)CC3)c(Br)cc2C(=O)c2c1[nH]c1cc(C#N)ccc21. The maximum atomic E-state index is 13.7. The summed E-state index contributed by atoms with van der Waals surface area (Å²) in [5.41, 5.74) is 5.64. The zero-order valence-electron chi connectivity index (χ0n) is 19.4. The quantitative estimate of drug-likeness (QED) is 0.537. The standard InChI is InChI=1S/C27H27BrN4O2/c1-27(2)20-13-23(32-8-6-31(7-9-32)17-5-10-34-15-17)21(28)12-19(20)25(33)24-18-4-3-16(14-29)11-22(18)30-26(24)27/h3-4,11-13,17,30H,5-10,15H2,1-2H3. The molecule has 0 radical (unpaired) electrons. The van der Waals surface area contributed by atoms with Crippen molar-refractivity contribution in [1.29, 1.82) is 5.26 Å². The summed E-state index contributed by atoms with van der Waals surface area (Å²) in [5, 5.41) is 10.2. The van der Waals surface area contributed by atoms with Gasteiger partial charge in [-0.3, -0.25) is 9.69 Å². The highest BCUT2D eigenvalue weighted by Crippen LogP contribution is 2.46. The molecule has 3 aliphatic rings. The van der Waals surface area contributed by atoms with Gasteiger partial charge in [0.05, 0.1) is 29.5 Å². The first-order valence-electron chi connectivity index (χ1n) is 11.9. The van der Waals surface area contributed by atoms with Crippen LogP contribution in [0.3, 0.4) is 0 Å². The van der Waals surface area contributed by atoms with Crippen LogP contribution < -0.4 is 4.90 Å². The third kappa shape index (κ3) is 3.24. The summed E-state index contributed by atoms with van der Waals surface area (Å²) in [7, 11) is 0. The topological polar surface area (TPSA) is 72.4 Å². The van der Waals surface area contributed by atoms with Crippen LogP contribution in [0.2, 0.25) is 0 Å². The van der Waals surface area contributed by atoms with Crippen LogP contribution in [-0.2, 0) is 10.2 Å². The fraction of sp³-hybridized carbons (Fsp3) is 0.407. The molecule has 6 rings (SSSR count). The number of benzene rings is 2. The Morgan fingerprint density at radius 1 is 1.18 bits per heavy atom. The number of halogens is 1. The minimum atomic E-state index is -0.372. The molecule has 7 heteroatoms. The number of aromatic amines is 1. The van der Waals surface area contributed by atoms with E-state index in [4.69, 9.17) is 4.74 Å². The number of aromatic nitrogens is 1. The normalized spacial score (nSPS) is 22.0. The number of fused-ring (bicyclic) bond motifs is 4. The minimum Gasteiger partial charge on any atom is -0.380 e. The highest BCUT2D eigenvalue weighted by molar-refractivity contribution is 9.10. The van der Waals surface area contributed by atoms with Crippen LogP contribution in [0.4, 0.5) is 5.69 Å². The number of ketones is 1. The molecule has 6 nitrogen and oxygen atoms in total. The monoisotopic (exact) mass is 518 g/mol. The first-order chi connectivity index (χ1) is 16.4. The van der Waals surface area contributed by atoms with Gasteiger partial charge in [0.2, 0.25) is 0 Å². The van der Waals surface area contributed by atoms with Crippen molar-refractivity contribution < 1.29 is 9.53 Å². The third-order valence-corrected chi connectivity index (χ3v) is 8.50. The average molecular weight is 519 g/mol. The zero-order chi connectivity index (χ0) is 23.6. The number of rotatable bonds is 2. The van der Waals surface area contributed by atoms with Crippen LogP contribution in [0.1, 0.15) is 53.0 Å². The molecule has 1 aromatic heterocycles. The number of carbonyl (C=O) groups excluding carboxylic acids is 1. The van der Waals surface area contributed by atoms with E-state index in [1.807, 2.05) is 18.2 Å². The van der Waals surface area contributed by atoms with Crippen LogP contribution in [-0.4, -0.2) is 61.1 Å². The van der Waals surface area contributed by atoms with Gasteiger partial charge in [0.25, 0.3) is 0 Å². The van der Waals surface area contributed by atoms with Crippen LogP contribution in [0.5, 0.6) is 0 Å². The van der Waals surface area contributed by atoms with E-state index >= 15 is 0 Å². The van der Waals surface area contributed by atoms with Gasteiger partial charge < -0.3 is 14.6 Å². The number of carbonyl (C=O) groups is 1.